The van der Waals surface area contributed by atoms with Crippen molar-refractivity contribution in [2.45, 2.75) is 43.6 Å². The molecule has 0 spiro atoms. The van der Waals surface area contributed by atoms with Gasteiger partial charge < -0.3 is 28.8 Å². The first kappa shape index (κ1) is 18.6. The molecule has 4 unspecified atom stereocenters. The minimum atomic E-state index is -0.963. The standard InChI is InChI=1S/C21H24O6/c1-23-21-17(22)19(24-12-14-8-4-2-5-9-14)18-16(26-21)13-25-20(27-18)15-10-6-3-7-11-15/h2-11,16-22H,12-13H2,1H3/t16?,17?,18-,19?,20?,21-/m1/s1. The quantitative estimate of drug-likeness (QED) is 0.870. The van der Waals surface area contributed by atoms with Crippen LogP contribution in [-0.2, 0) is 30.3 Å². The lowest BCUT2D eigenvalue weighted by Crippen LogP contribution is -2.62. The monoisotopic (exact) mass is 372 g/mol. The number of benzene rings is 2. The summed E-state index contributed by atoms with van der Waals surface area (Å²) in [4.78, 5) is 0. The van der Waals surface area contributed by atoms with Crippen molar-refractivity contribution in [3.05, 3.63) is 71.8 Å². The van der Waals surface area contributed by atoms with Crippen LogP contribution in [0.2, 0.25) is 0 Å². The van der Waals surface area contributed by atoms with Crippen molar-refractivity contribution in [2.24, 2.45) is 0 Å². The molecule has 144 valence electrons. The molecule has 0 radical (unpaired) electrons. The van der Waals surface area contributed by atoms with Gasteiger partial charge in [-0.15, -0.1) is 0 Å². The molecule has 2 heterocycles. The summed E-state index contributed by atoms with van der Waals surface area (Å²) in [6.07, 6.45) is -3.70. The van der Waals surface area contributed by atoms with Crippen LogP contribution in [0.25, 0.3) is 0 Å². The molecule has 1 N–H and O–H groups in total. The maximum atomic E-state index is 10.7. The molecule has 4 rings (SSSR count). The van der Waals surface area contributed by atoms with Gasteiger partial charge in [-0.2, -0.15) is 0 Å². The summed E-state index contributed by atoms with van der Waals surface area (Å²) in [6, 6.07) is 19.5. The Morgan fingerprint density at radius 1 is 1.00 bits per heavy atom. The molecule has 27 heavy (non-hydrogen) atoms. The maximum Gasteiger partial charge on any atom is 0.186 e. The summed E-state index contributed by atoms with van der Waals surface area (Å²) in [5, 5.41) is 10.7. The predicted molar refractivity (Wildman–Crippen MR) is 96.7 cm³/mol. The van der Waals surface area contributed by atoms with Gasteiger partial charge >= 0.3 is 0 Å². The van der Waals surface area contributed by atoms with Crippen LogP contribution in [0, 0.1) is 0 Å². The molecule has 2 aromatic rings. The third-order valence-corrected chi connectivity index (χ3v) is 4.90. The van der Waals surface area contributed by atoms with Crippen LogP contribution in [-0.4, -0.2) is 49.5 Å². The number of hydrogen-bond donors (Lipinski definition) is 1. The number of rotatable bonds is 5. The average Bonchev–Trinajstić information content (AvgIpc) is 2.74. The lowest BCUT2D eigenvalue weighted by Gasteiger charge is -2.47. The van der Waals surface area contributed by atoms with Crippen molar-refractivity contribution in [3.8, 4) is 0 Å². The first-order chi connectivity index (χ1) is 13.3. The molecule has 2 aliphatic rings. The first-order valence-corrected chi connectivity index (χ1v) is 9.10. The van der Waals surface area contributed by atoms with Gasteiger partial charge in [-0.05, 0) is 5.56 Å². The van der Waals surface area contributed by atoms with Crippen LogP contribution in [0.15, 0.2) is 60.7 Å². The highest BCUT2D eigenvalue weighted by Gasteiger charge is 2.50. The highest BCUT2D eigenvalue weighted by Crippen LogP contribution is 2.35. The third-order valence-electron chi connectivity index (χ3n) is 4.90. The van der Waals surface area contributed by atoms with Crippen LogP contribution >= 0.6 is 0 Å². The van der Waals surface area contributed by atoms with Crippen LogP contribution < -0.4 is 0 Å². The Morgan fingerprint density at radius 3 is 2.41 bits per heavy atom. The molecule has 6 atom stereocenters. The molecule has 6 nitrogen and oxygen atoms in total. The Labute approximate surface area is 158 Å². The van der Waals surface area contributed by atoms with Gasteiger partial charge in [0.1, 0.15) is 24.4 Å². The number of hydrogen-bond acceptors (Lipinski definition) is 6. The molecule has 0 aliphatic carbocycles. The summed E-state index contributed by atoms with van der Waals surface area (Å²) in [5.74, 6) is 0. The molecule has 0 aromatic heterocycles. The number of aliphatic hydroxyl groups excluding tert-OH is 1. The summed E-state index contributed by atoms with van der Waals surface area (Å²) in [6.45, 7) is 0.699. The fraction of sp³-hybridized carbons (Fsp3) is 0.429. The number of methoxy groups -OCH3 is 1. The molecule has 0 bridgehead atoms. The topological polar surface area (TPSA) is 66.4 Å². The van der Waals surface area contributed by atoms with Gasteiger partial charge in [0.25, 0.3) is 0 Å². The Balaban J connectivity index is 1.51. The molecule has 0 saturated carbocycles. The minimum absolute atomic E-state index is 0.335. The van der Waals surface area contributed by atoms with E-state index in [1.54, 1.807) is 0 Å². The molecule has 6 heteroatoms. The molecular weight excluding hydrogens is 348 g/mol. The SMILES string of the molecule is CO[C@@H]1OC2COC(c3ccccc3)O[C@H]2C(OCc2ccccc2)C1O. The zero-order chi connectivity index (χ0) is 18.6. The van der Waals surface area contributed by atoms with E-state index in [9.17, 15) is 5.11 Å². The zero-order valence-corrected chi connectivity index (χ0v) is 15.1. The molecular formula is C21H24O6. The van der Waals surface area contributed by atoms with Gasteiger partial charge in [0.2, 0.25) is 0 Å². The summed E-state index contributed by atoms with van der Waals surface area (Å²) < 4.78 is 29.2. The van der Waals surface area contributed by atoms with Crippen LogP contribution in [0.3, 0.4) is 0 Å². The van der Waals surface area contributed by atoms with E-state index in [0.717, 1.165) is 11.1 Å². The zero-order valence-electron chi connectivity index (χ0n) is 15.1. The second-order valence-corrected chi connectivity index (χ2v) is 6.71. The average molecular weight is 372 g/mol. The highest BCUT2D eigenvalue weighted by atomic mass is 16.8. The molecule has 0 amide bonds. The van der Waals surface area contributed by atoms with E-state index in [0.29, 0.717) is 13.2 Å². The van der Waals surface area contributed by atoms with E-state index in [1.165, 1.54) is 7.11 Å². The summed E-state index contributed by atoms with van der Waals surface area (Å²) in [5.41, 5.74) is 1.94. The first-order valence-electron chi connectivity index (χ1n) is 9.10. The van der Waals surface area contributed by atoms with Crippen molar-refractivity contribution in [2.75, 3.05) is 13.7 Å². The largest absolute Gasteiger partial charge is 0.385 e. The van der Waals surface area contributed by atoms with Gasteiger partial charge in [0.05, 0.1) is 13.2 Å². The Hall–Kier alpha value is -1.80. The van der Waals surface area contributed by atoms with Gasteiger partial charge in [-0.3, -0.25) is 0 Å². The van der Waals surface area contributed by atoms with Crippen molar-refractivity contribution in [1.82, 2.24) is 0 Å². The molecule has 2 aromatic carbocycles. The van der Waals surface area contributed by atoms with Crippen molar-refractivity contribution in [1.29, 1.82) is 0 Å². The van der Waals surface area contributed by atoms with E-state index in [4.69, 9.17) is 23.7 Å². The van der Waals surface area contributed by atoms with Gasteiger partial charge in [-0.25, -0.2) is 0 Å². The number of ether oxygens (including phenoxy) is 5. The highest BCUT2D eigenvalue weighted by molar-refractivity contribution is 5.17. The van der Waals surface area contributed by atoms with Crippen molar-refractivity contribution in [3.63, 3.8) is 0 Å². The lowest BCUT2D eigenvalue weighted by atomic mass is 9.97. The van der Waals surface area contributed by atoms with E-state index in [-0.39, 0.29) is 6.10 Å². The van der Waals surface area contributed by atoms with E-state index in [2.05, 4.69) is 0 Å². The fourth-order valence-electron chi connectivity index (χ4n) is 3.49. The second-order valence-electron chi connectivity index (χ2n) is 6.71. The molecule has 2 saturated heterocycles. The Morgan fingerprint density at radius 2 is 1.70 bits per heavy atom. The van der Waals surface area contributed by atoms with E-state index in [1.807, 2.05) is 60.7 Å². The maximum absolute atomic E-state index is 10.7. The number of aliphatic hydroxyl groups is 1. The lowest BCUT2D eigenvalue weighted by molar-refractivity contribution is -0.363. The predicted octanol–water partition coefficient (Wildman–Crippen LogP) is 2.42. The van der Waals surface area contributed by atoms with Gasteiger partial charge in [0, 0.05) is 12.7 Å². The van der Waals surface area contributed by atoms with Crippen molar-refractivity contribution < 1.29 is 28.8 Å². The summed E-state index contributed by atoms with van der Waals surface area (Å²) in [7, 11) is 1.50. The molecule has 2 aliphatic heterocycles. The van der Waals surface area contributed by atoms with Gasteiger partial charge in [-0.1, -0.05) is 60.7 Å². The van der Waals surface area contributed by atoms with Crippen molar-refractivity contribution >= 4 is 0 Å². The third kappa shape index (κ3) is 4.06. The van der Waals surface area contributed by atoms with E-state index >= 15 is 0 Å². The summed E-state index contributed by atoms with van der Waals surface area (Å²) >= 11 is 0. The second kappa shape index (κ2) is 8.48. The Kier molecular flexibility index (Phi) is 5.83. The molecule has 2 fully saturated rings. The van der Waals surface area contributed by atoms with Crippen LogP contribution in [0.5, 0.6) is 0 Å². The smallest absolute Gasteiger partial charge is 0.186 e. The minimum Gasteiger partial charge on any atom is -0.385 e. The van der Waals surface area contributed by atoms with Crippen LogP contribution in [0.1, 0.15) is 17.4 Å². The normalized spacial score (nSPS) is 33.4. The number of fused-ring (bicyclic) bond motifs is 1. The van der Waals surface area contributed by atoms with E-state index < -0.39 is 30.9 Å². The van der Waals surface area contributed by atoms with Gasteiger partial charge in [0.15, 0.2) is 12.6 Å². The van der Waals surface area contributed by atoms with Crippen LogP contribution in [0.4, 0.5) is 0 Å². The Bertz CT molecular complexity index is 709. The fourth-order valence-corrected chi connectivity index (χ4v) is 3.49.